The fourth-order valence-corrected chi connectivity index (χ4v) is 4.05. The molecule has 2 heterocycles. The minimum Gasteiger partial charge on any atom is -0.481 e. The Morgan fingerprint density at radius 1 is 1.24 bits per heavy atom. The SMILES string of the molecule is O=C(O)Cc1csc(SCC(=O)N2CCCCCCC2)n1. The van der Waals surface area contributed by atoms with E-state index in [9.17, 15) is 9.59 Å². The number of rotatable bonds is 5. The molecular weight excluding hydrogens is 308 g/mol. The van der Waals surface area contributed by atoms with Crippen molar-refractivity contribution in [2.45, 2.75) is 42.9 Å². The normalized spacial score (nSPS) is 16.3. The van der Waals surface area contributed by atoms with E-state index in [4.69, 9.17) is 5.11 Å². The molecule has 0 radical (unpaired) electrons. The number of aromatic nitrogens is 1. The van der Waals surface area contributed by atoms with E-state index in [1.54, 1.807) is 5.38 Å². The quantitative estimate of drug-likeness (QED) is 0.842. The number of aliphatic carboxylic acids is 1. The van der Waals surface area contributed by atoms with Crippen molar-refractivity contribution in [3.63, 3.8) is 0 Å². The molecule has 0 bridgehead atoms. The van der Waals surface area contributed by atoms with Crippen molar-refractivity contribution in [2.24, 2.45) is 0 Å². The van der Waals surface area contributed by atoms with Crippen LogP contribution in [0.5, 0.6) is 0 Å². The summed E-state index contributed by atoms with van der Waals surface area (Å²) < 4.78 is 0.770. The third-order valence-electron chi connectivity index (χ3n) is 3.39. The Hall–Kier alpha value is -1.08. The lowest BCUT2D eigenvalue weighted by Crippen LogP contribution is -2.35. The van der Waals surface area contributed by atoms with Gasteiger partial charge < -0.3 is 10.0 Å². The van der Waals surface area contributed by atoms with E-state index in [0.29, 0.717) is 11.4 Å². The molecule has 7 heteroatoms. The second-order valence-corrected chi connectivity index (χ2v) is 7.19. The van der Waals surface area contributed by atoms with Gasteiger partial charge in [0.2, 0.25) is 5.91 Å². The second kappa shape index (κ2) is 8.38. The lowest BCUT2D eigenvalue weighted by atomic mass is 10.1. The highest BCUT2D eigenvalue weighted by Crippen LogP contribution is 2.23. The molecule has 0 unspecified atom stereocenters. The Kier molecular flexibility index (Phi) is 6.50. The summed E-state index contributed by atoms with van der Waals surface area (Å²) in [4.78, 5) is 29.0. The molecule has 0 aromatic carbocycles. The third kappa shape index (κ3) is 5.67. The Morgan fingerprint density at radius 2 is 1.90 bits per heavy atom. The molecule has 1 N–H and O–H groups in total. The fraction of sp³-hybridized carbons (Fsp3) is 0.643. The van der Waals surface area contributed by atoms with Crippen LogP contribution < -0.4 is 0 Å². The molecule has 1 aromatic rings. The number of carboxylic acids is 1. The Morgan fingerprint density at radius 3 is 2.57 bits per heavy atom. The summed E-state index contributed by atoms with van der Waals surface area (Å²) in [6.07, 6.45) is 5.83. The number of likely N-dealkylation sites (tertiary alicyclic amines) is 1. The summed E-state index contributed by atoms with van der Waals surface area (Å²) >= 11 is 2.81. The summed E-state index contributed by atoms with van der Waals surface area (Å²) in [6, 6.07) is 0. The number of thioether (sulfide) groups is 1. The molecule has 1 aromatic heterocycles. The Bertz CT molecular complexity index is 482. The molecular formula is C14H20N2O3S2. The van der Waals surface area contributed by atoms with E-state index in [0.717, 1.165) is 30.3 Å². The molecule has 5 nitrogen and oxygen atoms in total. The van der Waals surface area contributed by atoms with Gasteiger partial charge in [0.15, 0.2) is 4.34 Å². The molecule has 0 atom stereocenters. The van der Waals surface area contributed by atoms with Gasteiger partial charge in [0.05, 0.1) is 17.9 Å². The second-order valence-electron chi connectivity index (χ2n) is 5.11. The van der Waals surface area contributed by atoms with E-state index in [-0.39, 0.29) is 12.3 Å². The number of hydrogen-bond acceptors (Lipinski definition) is 5. The van der Waals surface area contributed by atoms with Crippen LogP contribution in [-0.2, 0) is 16.0 Å². The predicted molar refractivity (Wildman–Crippen MR) is 83.8 cm³/mol. The standard InChI is InChI=1S/C14H20N2O3S2/c17-12(16-6-4-2-1-3-5-7-16)10-21-14-15-11(9-20-14)8-13(18)19/h9H,1-8,10H2,(H,18,19). The molecule has 1 fully saturated rings. The largest absolute Gasteiger partial charge is 0.481 e. The van der Waals surface area contributed by atoms with Crippen molar-refractivity contribution in [1.82, 2.24) is 9.88 Å². The van der Waals surface area contributed by atoms with Crippen LogP contribution in [0.15, 0.2) is 9.72 Å². The lowest BCUT2D eigenvalue weighted by molar-refractivity contribution is -0.136. The van der Waals surface area contributed by atoms with Crippen molar-refractivity contribution in [2.75, 3.05) is 18.8 Å². The van der Waals surface area contributed by atoms with Crippen LogP contribution in [-0.4, -0.2) is 45.7 Å². The molecule has 21 heavy (non-hydrogen) atoms. The van der Waals surface area contributed by atoms with Gasteiger partial charge in [0.1, 0.15) is 0 Å². The van der Waals surface area contributed by atoms with Gasteiger partial charge in [-0.2, -0.15) is 0 Å². The summed E-state index contributed by atoms with van der Waals surface area (Å²) in [5.74, 6) is -0.328. The Balaban J connectivity index is 1.79. The highest BCUT2D eigenvalue weighted by Gasteiger charge is 2.16. The van der Waals surface area contributed by atoms with Crippen LogP contribution in [0.3, 0.4) is 0 Å². The summed E-state index contributed by atoms with van der Waals surface area (Å²) in [5, 5.41) is 10.5. The molecule has 2 rings (SSSR count). The zero-order valence-electron chi connectivity index (χ0n) is 11.9. The van der Waals surface area contributed by atoms with Crippen molar-refractivity contribution in [3.05, 3.63) is 11.1 Å². The molecule has 0 aliphatic carbocycles. The van der Waals surface area contributed by atoms with E-state index >= 15 is 0 Å². The average Bonchev–Trinajstić information content (AvgIpc) is 2.82. The number of carboxylic acid groups (broad SMARTS) is 1. The first kappa shape index (κ1) is 16.3. The van der Waals surface area contributed by atoms with Crippen LogP contribution >= 0.6 is 23.1 Å². The molecule has 1 amide bonds. The van der Waals surface area contributed by atoms with Crippen LogP contribution in [0.4, 0.5) is 0 Å². The van der Waals surface area contributed by atoms with Gasteiger partial charge in [0.25, 0.3) is 0 Å². The molecule has 1 aliphatic heterocycles. The maximum atomic E-state index is 12.2. The number of carbonyl (C=O) groups excluding carboxylic acids is 1. The van der Waals surface area contributed by atoms with Crippen molar-refractivity contribution >= 4 is 35.0 Å². The highest BCUT2D eigenvalue weighted by molar-refractivity contribution is 8.01. The fourth-order valence-electron chi connectivity index (χ4n) is 2.30. The van der Waals surface area contributed by atoms with Crippen molar-refractivity contribution < 1.29 is 14.7 Å². The number of carbonyl (C=O) groups is 2. The molecule has 0 spiro atoms. The number of amides is 1. The van der Waals surface area contributed by atoms with E-state index in [1.807, 2.05) is 4.90 Å². The van der Waals surface area contributed by atoms with Gasteiger partial charge in [-0.25, -0.2) is 4.98 Å². The number of nitrogens with zero attached hydrogens (tertiary/aromatic N) is 2. The first-order valence-electron chi connectivity index (χ1n) is 7.22. The zero-order chi connectivity index (χ0) is 15.1. The molecule has 116 valence electrons. The van der Waals surface area contributed by atoms with Gasteiger partial charge in [-0.1, -0.05) is 31.0 Å². The minimum absolute atomic E-state index is 0.0584. The average molecular weight is 328 g/mol. The summed E-state index contributed by atoms with van der Waals surface area (Å²) in [6.45, 7) is 1.73. The summed E-state index contributed by atoms with van der Waals surface area (Å²) in [7, 11) is 0. The van der Waals surface area contributed by atoms with Crippen LogP contribution in [0.1, 0.15) is 37.8 Å². The van der Waals surface area contributed by atoms with Gasteiger partial charge in [0, 0.05) is 18.5 Å². The van der Waals surface area contributed by atoms with Gasteiger partial charge in [-0.3, -0.25) is 9.59 Å². The van der Waals surface area contributed by atoms with E-state index in [2.05, 4.69) is 4.98 Å². The first-order valence-corrected chi connectivity index (χ1v) is 9.08. The smallest absolute Gasteiger partial charge is 0.309 e. The van der Waals surface area contributed by atoms with Crippen LogP contribution in [0.2, 0.25) is 0 Å². The maximum Gasteiger partial charge on any atom is 0.309 e. The Labute approximate surface area is 132 Å². The van der Waals surface area contributed by atoms with Gasteiger partial charge in [-0.05, 0) is 12.8 Å². The third-order valence-corrected chi connectivity index (χ3v) is 5.45. The zero-order valence-corrected chi connectivity index (χ0v) is 13.5. The van der Waals surface area contributed by atoms with Crippen LogP contribution in [0.25, 0.3) is 0 Å². The van der Waals surface area contributed by atoms with Gasteiger partial charge in [-0.15, -0.1) is 11.3 Å². The topological polar surface area (TPSA) is 70.5 Å². The minimum atomic E-state index is -0.881. The monoisotopic (exact) mass is 328 g/mol. The van der Waals surface area contributed by atoms with Crippen molar-refractivity contribution in [3.8, 4) is 0 Å². The summed E-state index contributed by atoms with van der Waals surface area (Å²) in [5.41, 5.74) is 0.564. The predicted octanol–water partition coefficient (Wildman–Crippen LogP) is 2.66. The van der Waals surface area contributed by atoms with Crippen LogP contribution in [0, 0.1) is 0 Å². The molecule has 0 saturated carbocycles. The highest BCUT2D eigenvalue weighted by atomic mass is 32.2. The van der Waals surface area contributed by atoms with Gasteiger partial charge >= 0.3 is 5.97 Å². The molecule has 1 aliphatic rings. The molecule has 1 saturated heterocycles. The number of thiazole rings is 1. The maximum absolute atomic E-state index is 12.2. The van der Waals surface area contributed by atoms with E-state index in [1.165, 1.54) is 42.4 Å². The first-order chi connectivity index (χ1) is 10.1. The van der Waals surface area contributed by atoms with Crippen molar-refractivity contribution in [1.29, 1.82) is 0 Å². The number of hydrogen-bond donors (Lipinski definition) is 1. The lowest BCUT2D eigenvalue weighted by Gasteiger charge is -2.24. The van der Waals surface area contributed by atoms with E-state index < -0.39 is 5.97 Å².